The number of carbonyl (C=O) groups excluding carboxylic acids is 2. The van der Waals surface area contributed by atoms with Crippen molar-refractivity contribution in [3.8, 4) is 0 Å². The highest BCUT2D eigenvalue weighted by atomic mass is 16.4. The first kappa shape index (κ1) is 16.3. The van der Waals surface area contributed by atoms with Crippen molar-refractivity contribution in [1.29, 1.82) is 0 Å². The van der Waals surface area contributed by atoms with Gasteiger partial charge in [-0.1, -0.05) is 6.42 Å². The molecule has 7 nitrogen and oxygen atoms in total. The molecule has 1 atom stereocenters. The maximum Gasteiger partial charge on any atom is 0.317 e. The van der Waals surface area contributed by atoms with Gasteiger partial charge in [-0.2, -0.15) is 0 Å². The number of primary amides is 1. The standard InChI is InChI=1S/C13H23N3O4/c1-13(11(14)19)6-8-16(9-13)12(20)15-7-4-2-3-5-10(17)18/h2-9H2,1H3,(H2,14,19)(H,15,20)(H,17,18). The highest BCUT2D eigenvalue weighted by molar-refractivity contribution is 5.83. The van der Waals surface area contributed by atoms with E-state index in [1.54, 1.807) is 11.8 Å². The molecule has 0 spiro atoms. The number of carboxylic acids is 1. The number of nitrogens with zero attached hydrogens (tertiary/aromatic N) is 1. The van der Waals surface area contributed by atoms with E-state index >= 15 is 0 Å². The van der Waals surface area contributed by atoms with Gasteiger partial charge in [0.05, 0.1) is 5.41 Å². The lowest BCUT2D eigenvalue weighted by atomic mass is 9.89. The van der Waals surface area contributed by atoms with E-state index in [0.29, 0.717) is 32.5 Å². The average Bonchev–Trinajstić information content (AvgIpc) is 2.77. The van der Waals surface area contributed by atoms with E-state index in [1.165, 1.54) is 0 Å². The molecule has 20 heavy (non-hydrogen) atoms. The predicted molar refractivity (Wildman–Crippen MR) is 73.0 cm³/mol. The SMILES string of the molecule is CC1(C(N)=O)CCN(C(=O)NCCCCCC(=O)O)C1. The van der Waals surface area contributed by atoms with E-state index in [9.17, 15) is 14.4 Å². The number of carbonyl (C=O) groups is 3. The van der Waals surface area contributed by atoms with Gasteiger partial charge < -0.3 is 21.1 Å². The summed E-state index contributed by atoms with van der Waals surface area (Å²) < 4.78 is 0. The Morgan fingerprint density at radius 1 is 1.30 bits per heavy atom. The van der Waals surface area contributed by atoms with Gasteiger partial charge in [-0.25, -0.2) is 4.79 Å². The van der Waals surface area contributed by atoms with E-state index < -0.39 is 11.4 Å². The zero-order valence-electron chi connectivity index (χ0n) is 11.9. The molecule has 1 unspecified atom stereocenters. The lowest BCUT2D eigenvalue weighted by Gasteiger charge is -2.21. The molecule has 0 aromatic rings. The van der Waals surface area contributed by atoms with Crippen LogP contribution < -0.4 is 11.1 Å². The van der Waals surface area contributed by atoms with Crippen LogP contribution in [0.25, 0.3) is 0 Å². The zero-order valence-corrected chi connectivity index (χ0v) is 11.9. The molecule has 4 N–H and O–H groups in total. The molecule has 0 saturated carbocycles. The van der Waals surface area contributed by atoms with E-state index in [1.807, 2.05) is 0 Å². The van der Waals surface area contributed by atoms with Crippen molar-refractivity contribution < 1.29 is 19.5 Å². The molecule has 1 saturated heterocycles. The van der Waals surface area contributed by atoms with Gasteiger partial charge in [0.15, 0.2) is 0 Å². The summed E-state index contributed by atoms with van der Waals surface area (Å²) in [7, 11) is 0. The summed E-state index contributed by atoms with van der Waals surface area (Å²) in [5.74, 6) is -1.17. The minimum absolute atomic E-state index is 0.164. The monoisotopic (exact) mass is 285 g/mol. The molecule has 7 heteroatoms. The largest absolute Gasteiger partial charge is 0.481 e. The van der Waals surface area contributed by atoms with Crippen molar-refractivity contribution in [3.63, 3.8) is 0 Å². The first-order valence-electron chi connectivity index (χ1n) is 6.89. The number of aliphatic carboxylic acids is 1. The Morgan fingerprint density at radius 2 is 2.00 bits per heavy atom. The number of amides is 3. The van der Waals surface area contributed by atoms with Crippen molar-refractivity contribution in [2.24, 2.45) is 11.1 Å². The Hall–Kier alpha value is -1.79. The van der Waals surface area contributed by atoms with Crippen LogP contribution in [0, 0.1) is 5.41 Å². The number of rotatable bonds is 7. The number of nitrogens with one attached hydrogen (secondary N) is 1. The molecule has 1 heterocycles. The minimum atomic E-state index is -0.795. The smallest absolute Gasteiger partial charge is 0.317 e. The van der Waals surface area contributed by atoms with Gasteiger partial charge in [-0.05, 0) is 26.2 Å². The van der Waals surface area contributed by atoms with Gasteiger partial charge >= 0.3 is 12.0 Å². The molecule has 1 aliphatic rings. The van der Waals surface area contributed by atoms with Crippen molar-refractivity contribution in [2.45, 2.75) is 39.0 Å². The summed E-state index contributed by atoms with van der Waals surface area (Å²) in [4.78, 5) is 35.1. The number of hydrogen-bond acceptors (Lipinski definition) is 3. The molecular weight excluding hydrogens is 262 g/mol. The molecule has 1 aliphatic heterocycles. The number of likely N-dealkylation sites (tertiary alicyclic amines) is 1. The number of urea groups is 1. The van der Waals surface area contributed by atoms with E-state index in [0.717, 1.165) is 12.8 Å². The molecule has 3 amide bonds. The minimum Gasteiger partial charge on any atom is -0.481 e. The second-order valence-electron chi connectivity index (χ2n) is 5.53. The van der Waals surface area contributed by atoms with Crippen molar-refractivity contribution in [1.82, 2.24) is 10.2 Å². The highest BCUT2D eigenvalue weighted by Gasteiger charge is 2.40. The summed E-state index contributed by atoms with van der Waals surface area (Å²) in [5.41, 5.74) is 4.70. The molecule has 0 aromatic heterocycles. The van der Waals surface area contributed by atoms with Crippen LogP contribution in [-0.4, -0.2) is 47.5 Å². The number of nitrogens with two attached hydrogens (primary N) is 1. The van der Waals surface area contributed by atoms with Crippen LogP contribution in [-0.2, 0) is 9.59 Å². The average molecular weight is 285 g/mol. The van der Waals surface area contributed by atoms with Gasteiger partial charge in [0.1, 0.15) is 0 Å². The zero-order chi connectivity index (χ0) is 15.2. The van der Waals surface area contributed by atoms with Gasteiger partial charge in [0, 0.05) is 26.1 Å². The third-order valence-corrected chi connectivity index (χ3v) is 3.70. The number of hydrogen-bond donors (Lipinski definition) is 3. The summed E-state index contributed by atoms with van der Waals surface area (Å²) in [6, 6.07) is -0.187. The first-order valence-corrected chi connectivity index (χ1v) is 6.89. The number of unbranched alkanes of at least 4 members (excludes halogenated alkanes) is 2. The van der Waals surface area contributed by atoms with E-state index in [4.69, 9.17) is 10.8 Å². The summed E-state index contributed by atoms with van der Waals surface area (Å²) in [5, 5.41) is 11.3. The van der Waals surface area contributed by atoms with Crippen LogP contribution in [0.15, 0.2) is 0 Å². The predicted octanol–water partition coefficient (Wildman–Crippen LogP) is 0.538. The fourth-order valence-corrected chi connectivity index (χ4v) is 2.22. The Morgan fingerprint density at radius 3 is 2.55 bits per heavy atom. The van der Waals surface area contributed by atoms with Gasteiger partial charge in [0.25, 0.3) is 0 Å². The Bertz CT molecular complexity index is 386. The van der Waals surface area contributed by atoms with Crippen LogP contribution in [0.1, 0.15) is 39.0 Å². The maximum atomic E-state index is 11.9. The molecule has 1 fully saturated rings. The fraction of sp³-hybridized carbons (Fsp3) is 0.769. The Kier molecular flexibility index (Phi) is 5.79. The van der Waals surface area contributed by atoms with Crippen molar-refractivity contribution in [3.05, 3.63) is 0 Å². The summed E-state index contributed by atoms with van der Waals surface area (Å²) >= 11 is 0. The molecule has 0 aliphatic carbocycles. The fourth-order valence-electron chi connectivity index (χ4n) is 2.22. The topological polar surface area (TPSA) is 113 Å². The normalized spacial score (nSPS) is 21.8. The summed E-state index contributed by atoms with van der Waals surface area (Å²) in [6.07, 6.45) is 2.89. The quantitative estimate of drug-likeness (QED) is 0.592. The van der Waals surface area contributed by atoms with Gasteiger partial charge in [-0.3, -0.25) is 9.59 Å². The van der Waals surface area contributed by atoms with Crippen molar-refractivity contribution in [2.75, 3.05) is 19.6 Å². The molecule has 0 bridgehead atoms. The molecule has 0 radical (unpaired) electrons. The lowest BCUT2D eigenvalue weighted by molar-refractivity contribution is -0.137. The van der Waals surface area contributed by atoms with Crippen LogP contribution in [0.2, 0.25) is 0 Å². The Labute approximate surface area is 118 Å². The van der Waals surface area contributed by atoms with Gasteiger partial charge in [0.2, 0.25) is 5.91 Å². The third kappa shape index (κ3) is 4.71. The first-order chi connectivity index (χ1) is 9.35. The van der Waals surface area contributed by atoms with Crippen LogP contribution in [0.4, 0.5) is 4.79 Å². The molecular formula is C13H23N3O4. The van der Waals surface area contributed by atoms with E-state index in [-0.39, 0.29) is 18.4 Å². The van der Waals surface area contributed by atoms with Crippen LogP contribution in [0.5, 0.6) is 0 Å². The molecule has 0 aromatic carbocycles. The third-order valence-electron chi connectivity index (χ3n) is 3.70. The lowest BCUT2D eigenvalue weighted by Crippen LogP contribution is -2.42. The van der Waals surface area contributed by atoms with Crippen molar-refractivity contribution >= 4 is 17.9 Å². The second-order valence-corrected chi connectivity index (χ2v) is 5.53. The summed E-state index contributed by atoms with van der Waals surface area (Å²) in [6.45, 7) is 3.17. The van der Waals surface area contributed by atoms with Crippen LogP contribution >= 0.6 is 0 Å². The second kappa shape index (κ2) is 7.12. The molecule has 1 rings (SSSR count). The van der Waals surface area contributed by atoms with Gasteiger partial charge in [-0.15, -0.1) is 0 Å². The number of carboxylic acid groups (broad SMARTS) is 1. The Balaban J connectivity index is 2.18. The van der Waals surface area contributed by atoms with E-state index in [2.05, 4.69) is 5.32 Å². The highest BCUT2D eigenvalue weighted by Crippen LogP contribution is 2.29. The van der Waals surface area contributed by atoms with Crippen LogP contribution in [0.3, 0.4) is 0 Å². The maximum absolute atomic E-state index is 11.9. The molecule has 114 valence electrons.